The van der Waals surface area contributed by atoms with Crippen molar-refractivity contribution in [2.75, 3.05) is 16.5 Å². The molecule has 2 aromatic heterocycles. The lowest BCUT2D eigenvalue weighted by Gasteiger charge is -2.42. The number of ether oxygens (including phenoxy) is 1. The Bertz CT molecular complexity index is 4630. The van der Waals surface area contributed by atoms with Gasteiger partial charge >= 0.3 is 0 Å². The second-order valence-electron chi connectivity index (χ2n) is 26.0. The van der Waals surface area contributed by atoms with Crippen LogP contribution >= 0.6 is 0 Å². The molecule has 12 rings (SSSR count). The lowest BCUT2D eigenvalue weighted by atomic mass is 9.63. The number of anilines is 4. The highest BCUT2D eigenvalue weighted by atomic mass is 16.5. The molecule has 0 fully saturated rings. The Kier molecular flexibility index (Phi) is 9.65. The molecule has 3 heterocycles. The molecule has 10 aromatic rings. The van der Waals surface area contributed by atoms with Crippen molar-refractivity contribution in [2.24, 2.45) is 0 Å². The van der Waals surface area contributed by atoms with Crippen LogP contribution in [0.1, 0.15) is 146 Å². The largest absolute Gasteiger partial charge is 0.457 e. The maximum absolute atomic E-state index is 10.1. The third-order valence-corrected chi connectivity index (χ3v) is 16.2. The summed E-state index contributed by atoms with van der Waals surface area (Å²) >= 11 is 0. The topological polar surface area (TPSA) is 33.5 Å². The Morgan fingerprint density at radius 1 is 0.506 bits per heavy atom. The zero-order valence-corrected chi connectivity index (χ0v) is 47.9. The second-order valence-corrected chi connectivity index (χ2v) is 26.0. The number of hydrogen-bond acceptors (Lipinski definition) is 4. The van der Waals surface area contributed by atoms with Gasteiger partial charge in [-0.05, 0) is 145 Å². The Morgan fingerprint density at radius 2 is 1.15 bits per heavy atom. The molecule has 8 aromatic carbocycles. The predicted molar refractivity (Wildman–Crippen MR) is 335 cm³/mol. The number of pyridine rings is 1. The molecule has 398 valence electrons. The Labute approximate surface area is 485 Å². The van der Waals surface area contributed by atoms with Crippen LogP contribution in [0, 0.1) is 0 Å². The smallest absolute Gasteiger partial charge is 0.137 e. The number of fused-ring (bicyclic) bond motifs is 5. The van der Waals surface area contributed by atoms with E-state index >= 15 is 0 Å². The molecule has 5 heteroatoms. The summed E-state index contributed by atoms with van der Waals surface area (Å²) < 4.78 is 113. The number of nitrogens with zero attached hydrogens (tertiary/aromatic N) is 4. The first kappa shape index (κ1) is 40.3. The van der Waals surface area contributed by atoms with E-state index < -0.39 is 10.8 Å². The van der Waals surface area contributed by atoms with Crippen molar-refractivity contribution < 1.29 is 19.8 Å². The molecule has 5 nitrogen and oxygen atoms in total. The average Bonchev–Trinajstić information content (AvgIpc) is 1.21. The maximum Gasteiger partial charge on any atom is 0.137 e. The molecular weight excluding hydrogens is 961 g/mol. The molecule has 0 amide bonds. The molecule has 79 heavy (non-hydrogen) atoms. The molecule has 0 unspecified atom stereocenters. The van der Waals surface area contributed by atoms with Gasteiger partial charge in [-0.25, -0.2) is 4.98 Å². The number of benzene rings is 8. The molecule has 0 atom stereocenters. The summed E-state index contributed by atoms with van der Waals surface area (Å²) in [6.07, 6.45) is 3.77. The van der Waals surface area contributed by atoms with Gasteiger partial charge in [0.2, 0.25) is 0 Å². The van der Waals surface area contributed by atoms with Crippen LogP contribution in [0.4, 0.5) is 22.7 Å². The van der Waals surface area contributed by atoms with Crippen LogP contribution in [0.25, 0.3) is 61.0 Å². The van der Waals surface area contributed by atoms with Crippen molar-refractivity contribution >= 4 is 44.6 Å². The fourth-order valence-corrected chi connectivity index (χ4v) is 11.6. The lowest BCUT2D eigenvalue weighted by molar-refractivity contribution is 0.332. The van der Waals surface area contributed by atoms with E-state index in [4.69, 9.17) is 15.2 Å². The predicted octanol–water partition coefficient (Wildman–Crippen LogP) is 20.5. The number of aromatic nitrogens is 2. The van der Waals surface area contributed by atoms with Gasteiger partial charge in [0.25, 0.3) is 0 Å². The number of para-hydroxylation sites is 4. The summed E-state index contributed by atoms with van der Waals surface area (Å²) in [6.45, 7) is 27.2. The van der Waals surface area contributed by atoms with Crippen molar-refractivity contribution in [1.82, 2.24) is 9.55 Å². The molecule has 1 aliphatic carbocycles. The van der Waals surface area contributed by atoms with E-state index in [0.29, 0.717) is 61.5 Å². The van der Waals surface area contributed by atoms with E-state index in [-0.39, 0.29) is 106 Å². The van der Waals surface area contributed by atoms with Crippen molar-refractivity contribution in [3.8, 4) is 50.7 Å². The van der Waals surface area contributed by atoms with Crippen molar-refractivity contribution in [2.45, 2.75) is 130 Å². The van der Waals surface area contributed by atoms with Crippen LogP contribution in [0.3, 0.4) is 0 Å². The molecule has 0 bridgehead atoms. The third kappa shape index (κ3) is 9.39. The van der Waals surface area contributed by atoms with E-state index in [1.165, 1.54) is 11.1 Å². The first-order valence-electron chi connectivity index (χ1n) is 33.1. The van der Waals surface area contributed by atoms with Gasteiger partial charge in [-0.1, -0.05) is 205 Å². The first-order chi connectivity index (χ1) is 42.1. The summed E-state index contributed by atoms with van der Waals surface area (Å²) in [6, 6.07) is 35.2. The monoisotopic (exact) mass is 1050 g/mol. The average molecular weight is 1050 g/mol. The highest BCUT2D eigenvalue weighted by Gasteiger charge is 2.38. The molecule has 0 N–H and O–H groups in total. The van der Waals surface area contributed by atoms with Gasteiger partial charge in [-0.2, -0.15) is 0 Å². The summed E-state index contributed by atoms with van der Waals surface area (Å²) in [4.78, 5) is 9.14. The molecule has 1 aliphatic heterocycles. The van der Waals surface area contributed by atoms with E-state index in [2.05, 4.69) is 88.6 Å². The fourth-order valence-electron chi connectivity index (χ4n) is 11.6. The van der Waals surface area contributed by atoms with E-state index in [1.807, 2.05) is 126 Å². The zero-order valence-electron chi connectivity index (χ0n) is 58.9. The van der Waals surface area contributed by atoms with Crippen LogP contribution in [-0.4, -0.2) is 16.2 Å². The zero-order chi connectivity index (χ0) is 65.0. The van der Waals surface area contributed by atoms with Gasteiger partial charge in [0.15, 0.2) is 0 Å². The van der Waals surface area contributed by atoms with Crippen LogP contribution in [0.15, 0.2) is 188 Å². The molecule has 2 aliphatic rings. The van der Waals surface area contributed by atoms with Gasteiger partial charge in [-0.15, -0.1) is 0 Å². The van der Waals surface area contributed by atoms with Gasteiger partial charge in [0, 0.05) is 45.9 Å². The molecule has 0 saturated heterocycles. The maximum atomic E-state index is 10.1. The fraction of sp³-hybridized carbons (Fsp3) is 0.284. The second kappa shape index (κ2) is 18.9. The van der Waals surface area contributed by atoms with Crippen molar-refractivity contribution in [3.63, 3.8) is 0 Å². The minimum absolute atomic E-state index is 0.0562. The summed E-state index contributed by atoms with van der Waals surface area (Å²) in [5.41, 5.74) is 8.78. The minimum Gasteiger partial charge on any atom is -0.457 e. The van der Waals surface area contributed by atoms with Crippen LogP contribution in [0.2, 0.25) is 0 Å². The lowest BCUT2D eigenvalue weighted by Crippen LogP contribution is -2.33. The Hall–Kier alpha value is -7.89. The normalized spacial score (nSPS) is 17.1. The van der Waals surface area contributed by atoms with E-state index in [9.17, 15) is 9.60 Å². The molecule has 0 radical (unpaired) electrons. The van der Waals surface area contributed by atoms with Gasteiger partial charge in [0.05, 0.1) is 43.2 Å². The number of hydrogen-bond donors (Lipinski definition) is 0. The molecule has 0 spiro atoms. The molecular formula is C74H76N4O. The minimum atomic E-state index is -0.782. The van der Waals surface area contributed by atoms with Crippen LogP contribution in [-0.2, 0) is 27.1 Å². The standard InChI is InChI=1S/C74H76N4O/c1-70(2,3)51-33-35-56(62(43-51)72(7,8)9)48-28-30-49(31-29-48)57-23-19-24-58(50-32-37-61-63(42-50)74(12,13)40-39-73(61,10)11)69(57)77-47-76(65-26-16-17-27-66(65)77)53-20-18-21-54(45-53)79-55-34-36-60-59-22-14-15-25-64(59)78(67(60)46-55)68-44-52(38-41-75-68)71(4,5)6/h14-38,41-46H,39-40,47H2,1-13H3/i14D,15D,22D,25D,28D,29D,30D,31D,33D,35D,43D. The first-order valence-corrected chi connectivity index (χ1v) is 27.6. The summed E-state index contributed by atoms with van der Waals surface area (Å²) in [5, 5.41) is 1.00. The highest BCUT2D eigenvalue weighted by molar-refractivity contribution is 6.09. The summed E-state index contributed by atoms with van der Waals surface area (Å²) in [5.74, 6) is 1.49. The quantitative estimate of drug-likeness (QED) is 0.152. The number of rotatable bonds is 8. The van der Waals surface area contributed by atoms with Crippen LogP contribution in [0.5, 0.6) is 11.5 Å². The Balaban J connectivity index is 1.02. The van der Waals surface area contributed by atoms with E-state index in [1.54, 1.807) is 10.8 Å². The molecule has 0 saturated carbocycles. The van der Waals surface area contributed by atoms with Crippen LogP contribution < -0.4 is 14.5 Å². The summed E-state index contributed by atoms with van der Waals surface area (Å²) in [7, 11) is 0. The van der Waals surface area contributed by atoms with Crippen molar-refractivity contribution in [1.29, 1.82) is 0 Å². The highest BCUT2D eigenvalue weighted by Crippen LogP contribution is 2.53. The van der Waals surface area contributed by atoms with E-state index in [0.717, 1.165) is 46.6 Å². The van der Waals surface area contributed by atoms with Crippen molar-refractivity contribution in [3.05, 3.63) is 216 Å². The van der Waals surface area contributed by atoms with Gasteiger partial charge in [0.1, 0.15) is 24.0 Å². The SMILES string of the molecule is [2H]c1c([2H])c(-c2c([2H])c([2H])c(C(C)(C)C)c([2H])c2C(C)(C)C)c([2H])c([2H])c1-c1cccc(-c2ccc3c(c2)C(C)(C)CCC3(C)C)c1N1CN(c2cccc(Oc3ccc4c5c([2H])c([2H])c([2H])c([2H])c5n(-c5cc(C(C)(C)C)ccn5)c4c3)c2)c2ccccc21. The third-order valence-electron chi connectivity index (χ3n) is 16.2. The Morgan fingerprint density at radius 3 is 1.86 bits per heavy atom. The van der Waals surface area contributed by atoms with Gasteiger partial charge in [-0.3, -0.25) is 4.57 Å². The van der Waals surface area contributed by atoms with Gasteiger partial charge < -0.3 is 14.5 Å².